The number of halogens is 4. The summed E-state index contributed by atoms with van der Waals surface area (Å²) in [6.07, 6.45) is 0. The van der Waals surface area contributed by atoms with Gasteiger partial charge in [-0.3, -0.25) is 0 Å². The number of phenols is 2. The fourth-order valence-corrected chi connectivity index (χ4v) is 4.45. The van der Waals surface area contributed by atoms with Gasteiger partial charge in [0.2, 0.25) is 0 Å². The van der Waals surface area contributed by atoms with Gasteiger partial charge in [0.25, 0.3) is 0 Å². The van der Waals surface area contributed by atoms with Crippen LogP contribution in [0.3, 0.4) is 0 Å². The minimum atomic E-state index is -0.326. The maximum Gasteiger partial charge on any atom is 0.143 e. The third-order valence-electron chi connectivity index (χ3n) is 3.45. The number of rotatable bonds is 2. The lowest BCUT2D eigenvalue weighted by molar-refractivity contribution is 0.467. The zero-order chi connectivity index (χ0) is 15.9. The summed E-state index contributed by atoms with van der Waals surface area (Å²) in [4.78, 5) is 0. The maximum atomic E-state index is 9.86. The van der Waals surface area contributed by atoms with E-state index in [2.05, 4.69) is 77.6 Å². The zero-order valence-corrected chi connectivity index (χ0v) is 17.6. The van der Waals surface area contributed by atoms with Crippen molar-refractivity contribution in [3.8, 4) is 11.5 Å². The van der Waals surface area contributed by atoms with Crippen molar-refractivity contribution in [3.05, 3.63) is 53.3 Å². The summed E-state index contributed by atoms with van der Waals surface area (Å²) < 4.78 is 2.74. The first-order valence-corrected chi connectivity index (χ1v) is 9.18. The molecule has 112 valence electrons. The molecule has 0 saturated heterocycles. The monoisotopic (exact) mass is 540 g/mol. The van der Waals surface area contributed by atoms with Crippen molar-refractivity contribution >= 4 is 63.7 Å². The van der Waals surface area contributed by atoms with Crippen molar-refractivity contribution in [2.75, 3.05) is 0 Å². The Hall–Kier alpha value is -0.0400. The minimum absolute atomic E-state index is 0.181. The Morgan fingerprint density at radius 2 is 1.29 bits per heavy atom. The predicted octanol–water partition coefficient (Wildman–Crippen LogP) is 6.47. The Balaban J connectivity index is 2.64. The largest absolute Gasteiger partial charge is 0.507 e. The van der Waals surface area contributed by atoms with Crippen molar-refractivity contribution in [1.29, 1.82) is 0 Å². The molecular weight excluding hydrogens is 532 g/mol. The van der Waals surface area contributed by atoms with Gasteiger partial charge in [0, 0.05) is 9.89 Å². The van der Waals surface area contributed by atoms with Crippen LogP contribution in [0.2, 0.25) is 0 Å². The first-order valence-electron chi connectivity index (χ1n) is 6.01. The van der Waals surface area contributed by atoms with Gasteiger partial charge < -0.3 is 10.2 Å². The predicted molar refractivity (Wildman–Crippen MR) is 99.1 cm³/mol. The summed E-state index contributed by atoms with van der Waals surface area (Å²) in [6.45, 7) is 4.17. The van der Waals surface area contributed by atoms with Crippen LogP contribution in [0.15, 0.2) is 42.2 Å². The van der Waals surface area contributed by atoms with Crippen LogP contribution in [0.25, 0.3) is 0 Å². The second-order valence-corrected chi connectivity index (χ2v) is 8.61. The van der Waals surface area contributed by atoms with Gasteiger partial charge in [-0.2, -0.15) is 0 Å². The van der Waals surface area contributed by atoms with Gasteiger partial charge in [0.05, 0.1) is 13.4 Å². The van der Waals surface area contributed by atoms with E-state index < -0.39 is 0 Å². The summed E-state index contributed by atoms with van der Waals surface area (Å²) >= 11 is 13.6. The molecule has 0 saturated carbocycles. The van der Waals surface area contributed by atoms with E-state index >= 15 is 0 Å². The second-order valence-electron chi connectivity index (χ2n) is 5.20. The number of hydrogen-bond donors (Lipinski definition) is 2. The van der Waals surface area contributed by atoms with Crippen molar-refractivity contribution in [2.45, 2.75) is 19.3 Å². The molecule has 2 nitrogen and oxygen atoms in total. The molecule has 0 heterocycles. The second kappa shape index (κ2) is 6.22. The highest BCUT2D eigenvalue weighted by atomic mass is 79.9. The smallest absolute Gasteiger partial charge is 0.143 e. The summed E-state index contributed by atoms with van der Waals surface area (Å²) in [5.74, 6) is 0.370. The third-order valence-corrected chi connectivity index (χ3v) is 5.95. The molecule has 0 unspecified atom stereocenters. The van der Waals surface area contributed by atoms with Gasteiger partial charge in [0.1, 0.15) is 11.5 Å². The molecule has 0 aliphatic rings. The zero-order valence-electron chi connectivity index (χ0n) is 11.2. The number of hydrogen-bond acceptors (Lipinski definition) is 2. The summed E-state index contributed by atoms with van der Waals surface area (Å²) in [6, 6.07) is 7.36. The van der Waals surface area contributed by atoms with E-state index in [1.54, 1.807) is 6.07 Å². The average Bonchev–Trinajstić information content (AvgIpc) is 2.39. The molecule has 0 bridgehead atoms. The first-order chi connectivity index (χ1) is 9.64. The van der Waals surface area contributed by atoms with Crippen molar-refractivity contribution < 1.29 is 10.2 Å². The van der Waals surface area contributed by atoms with E-state index in [0.717, 1.165) is 15.6 Å². The molecule has 2 aromatic rings. The Morgan fingerprint density at radius 1 is 0.762 bits per heavy atom. The van der Waals surface area contributed by atoms with Crippen LogP contribution in [-0.2, 0) is 5.41 Å². The van der Waals surface area contributed by atoms with E-state index in [1.807, 2.05) is 18.2 Å². The molecule has 0 aliphatic carbocycles. The molecular formula is C15H12Br4O2. The van der Waals surface area contributed by atoms with Crippen LogP contribution < -0.4 is 0 Å². The van der Waals surface area contributed by atoms with Crippen LogP contribution in [0.4, 0.5) is 0 Å². The Labute approximate surface area is 157 Å². The van der Waals surface area contributed by atoms with Gasteiger partial charge >= 0.3 is 0 Å². The standard InChI is InChI=1S/C15H12Br4O2/c1-15(2,7-3-11(18)14(21)12(19)4-7)8-5-10(17)13(20)6-9(8)16/h3-6,20-21H,1-2H3. The van der Waals surface area contributed by atoms with E-state index in [1.165, 1.54) is 0 Å². The molecule has 2 N–H and O–H groups in total. The molecule has 0 aromatic heterocycles. The van der Waals surface area contributed by atoms with E-state index in [0.29, 0.717) is 13.4 Å². The van der Waals surface area contributed by atoms with E-state index in [4.69, 9.17) is 0 Å². The SMILES string of the molecule is CC(C)(c1cc(Br)c(O)c(Br)c1)c1cc(Br)c(O)cc1Br. The van der Waals surface area contributed by atoms with Crippen molar-refractivity contribution in [3.63, 3.8) is 0 Å². The molecule has 0 spiro atoms. The topological polar surface area (TPSA) is 40.5 Å². The number of benzene rings is 2. The average molecular weight is 544 g/mol. The molecule has 0 fully saturated rings. The highest BCUT2D eigenvalue weighted by molar-refractivity contribution is 9.11. The molecule has 2 rings (SSSR count). The van der Waals surface area contributed by atoms with Gasteiger partial charge in [-0.15, -0.1) is 0 Å². The quantitative estimate of drug-likeness (QED) is 0.456. The fourth-order valence-electron chi connectivity index (χ4n) is 2.10. The summed E-state index contributed by atoms with van der Waals surface area (Å²) in [7, 11) is 0. The van der Waals surface area contributed by atoms with Crippen molar-refractivity contribution in [1.82, 2.24) is 0 Å². The summed E-state index contributed by atoms with van der Waals surface area (Å²) in [5.41, 5.74) is 1.72. The van der Waals surface area contributed by atoms with Crippen LogP contribution in [0, 0.1) is 0 Å². The lowest BCUT2D eigenvalue weighted by atomic mass is 9.78. The van der Waals surface area contributed by atoms with Gasteiger partial charge in [-0.25, -0.2) is 0 Å². The van der Waals surface area contributed by atoms with Crippen LogP contribution in [-0.4, -0.2) is 10.2 Å². The number of aromatic hydroxyl groups is 2. The maximum absolute atomic E-state index is 9.86. The molecule has 6 heteroatoms. The number of phenolic OH excluding ortho intramolecular Hbond substituents is 2. The first kappa shape index (κ1) is 17.3. The van der Waals surface area contributed by atoms with E-state index in [-0.39, 0.29) is 16.9 Å². The van der Waals surface area contributed by atoms with Gasteiger partial charge in [0.15, 0.2) is 0 Å². The molecule has 0 radical (unpaired) electrons. The highest BCUT2D eigenvalue weighted by Gasteiger charge is 2.28. The lowest BCUT2D eigenvalue weighted by Crippen LogP contribution is -2.19. The normalized spacial score (nSPS) is 11.7. The Bertz CT molecular complexity index is 688. The van der Waals surface area contributed by atoms with Gasteiger partial charge in [-0.1, -0.05) is 29.8 Å². The Kier molecular flexibility index (Phi) is 5.13. The Morgan fingerprint density at radius 3 is 1.81 bits per heavy atom. The van der Waals surface area contributed by atoms with Crippen molar-refractivity contribution in [2.24, 2.45) is 0 Å². The van der Waals surface area contributed by atoms with E-state index in [9.17, 15) is 10.2 Å². The highest BCUT2D eigenvalue weighted by Crippen LogP contribution is 2.43. The molecule has 2 aromatic carbocycles. The third kappa shape index (κ3) is 3.33. The minimum Gasteiger partial charge on any atom is -0.507 e. The van der Waals surface area contributed by atoms with Crippen LogP contribution >= 0.6 is 63.7 Å². The van der Waals surface area contributed by atoms with Crippen LogP contribution in [0.1, 0.15) is 25.0 Å². The summed E-state index contributed by atoms with van der Waals surface area (Å²) in [5, 5.41) is 19.6. The fraction of sp³-hybridized carbons (Fsp3) is 0.200. The molecule has 0 atom stereocenters. The van der Waals surface area contributed by atoms with Gasteiger partial charge in [-0.05, 0) is 83.2 Å². The molecule has 21 heavy (non-hydrogen) atoms. The van der Waals surface area contributed by atoms with Crippen LogP contribution in [0.5, 0.6) is 11.5 Å². The lowest BCUT2D eigenvalue weighted by Gasteiger charge is -2.28. The molecule has 0 aliphatic heterocycles. The molecule has 0 amide bonds.